The summed E-state index contributed by atoms with van der Waals surface area (Å²) in [5, 5.41) is 0. The number of nitrogens with two attached hydrogens (primary N) is 1. The maximum atomic E-state index is 13.1. The van der Waals surface area contributed by atoms with E-state index >= 15 is 0 Å². The summed E-state index contributed by atoms with van der Waals surface area (Å²) in [6, 6.07) is 10.5. The summed E-state index contributed by atoms with van der Waals surface area (Å²) < 4.78 is 26.2. The fourth-order valence-electron chi connectivity index (χ4n) is 2.30. The van der Waals surface area contributed by atoms with Gasteiger partial charge in [-0.05, 0) is 41.3 Å². The average molecular weight is 289 g/mol. The molecule has 0 heterocycles. The number of hydrogen-bond acceptors (Lipinski definition) is 2. The highest BCUT2D eigenvalue weighted by atomic mass is 19.1. The van der Waals surface area contributed by atoms with Crippen molar-refractivity contribution in [3.05, 3.63) is 65.2 Å². The molecule has 2 rings (SSSR count). The van der Waals surface area contributed by atoms with E-state index in [0.717, 1.165) is 11.6 Å². The molecule has 2 nitrogen and oxygen atoms in total. The molecule has 0 aromatic heterocycles. The fraction of sp³-hybridized carbons (Fsp3) is 0.235. The zero-order valence-electron chi connectivity index (χ0n) is 11.8. The van der Waals surface area contributed by atoms with Crippen LogP contribution in [0.4, 0.5) is 14.5 Å². The van der Waals surface area contributed by atoms with Gasteiger partial charge in [0.25, 0.3) is 0 Å². The Labute approximate surface area is 122 Å². The van der Waals surface area contributed by atoms with E-state index < -0.39 is 11.6 Å². The Kier molecular flexibility index (Phi) is 4.68. The number of carbonyl (C=O) groups is 1. The molecule has 0 aliphatic rings. The molecule has 2 aromatic carbocycles. The van der Waals surface area contributed by atoms with Gasteiger partial charge in [0.05, 0.1) is 0 Å². The molecule has 0 aliphatic heterocycles. The number of rotatable bonds is 5. The van der Waals surface area contributed by atoms with Gasteiger partial charge in [0.1, 0.15) is 17.4 Å². The smallest absolute Gasteiger partial charge is 0.137 e. The SMILES string of the molecule is CC(CC(=O)Cc1cc(F)cc(F)c1)c1ccc(N)cc1. The number of carbonyl (C=O) groups excluding carboxylic acids is 1. The van der Waals surface area contributed by atoms with Crippen molar-refractivity contribution in [2.24, 2.45) is 0 Å². The van der Waals surface area contributed by atoms with Crippen molar-refractivity contribution in [1.29, 1.82) is 0 Å². The third-order valence-electron chi connectivity index (χ3n) is 3.36. The van der Waals surface area contributed by atoms with Crippen molar-refractivity contribution < 1.29 is 13.6 Å². The minimum absolute atomic E-state index is 0.0357. The summed E-state index contributed by atoms with van der Waals surface area (Å²) >= 11 is 0. The van der Waals surface area contributed by atoms with Gasteiger partial charge in [-0.15, -0.1) is 0 Å². The van der Waals surface area contributed by atoms with Crippen LogP contribution in [0.3, 0.4) is 0 Å². The maximum absolute atomic E-state index is 13.1. The van der Waals surface area contributed by atoms with Crippen molar-refractivity contribution in [3.63, 3.8) is 0 Å². The van der Waals surface area contributed by atoms with Gasteiger partial charge in [-0.25, -0.2) is 8.78 Å². The molecule has 0 amide bonds. The zero-order valence-corrected chi connectivity index (χ0v) is 11.8. The molecule has 0 bridgehead atoms. The molecule has 4 heteroatoms. The molecule has 1 unspecified atom stereocenters. The monoisotopic (exact) mass is 289 g/mol. The lowest BCUT2D eigenvalue weighted by Crippen LogP contribution is -2.08. The van der Waals surface area contributed by atoms with Crippen LogP contribution in [-0.4, -0.2) is 5.78 Å². The Balaban J connectivity index is 1.99. The molecule has 2 N–H and O–H groups in total. The van der Waals surface area contributed by atoms with E-state index in [0.29, 0.717) is 17.7 Å². The lowest BCUT2D eigenvalue weighted by Gasteiger charge is -2.11. The zero-order chi connectivity index (χ0) is 15.4. The molecule has 110 valence electrons. The highest BCUT2D eigenvalue weighted by molar-refractivity contribution is 5.81. The second-order valence-electron chi connectivity index (χ2n) is 5.26. The van der Waals surface area contributed by atoms with Crippen LogP contribution in [0.25, 0.3) is 0 Å². The maximum Gasteiger partial charge on any atom is 0.137 e. The summed E-state index contributed by atoms with van der Waals surface area (Å²) in [6.07, 6.45) is 0.357. The molecule has 0 saturated carbocycles. The van der Waals surface area contributed by atoms with Crippen LogP contribution in [0.15, 0.2) is 42.5 Å². The molecule has 0 aliphatic carbocycles. The van der Waals surface area contributed by atoms with Gasteiger partial charge in [0, 0.05) is 24.6 Å². The van der Waals surface area contributed by atoms with Crippen LogP contribution in [0.2, 0.25) is 0 Å². The number of anilines is 1. The van der Waals surface area contributed by atoms with E-state index in [1.54, 1.807) is 12.1 Å². The van der Waals surface area contributed by atoms with Gasteiger partial charge in [0.2, 0.25) is 0 Å². The Morgan fingerprint density at radius 2 is 1.67 bits per heavy atom. The number of ketones is 1. The van der Waals surface area contributed by atoms with Crippen molar-refractivity contribution in [2.45, 2.75) is 25.7 Å². The first-order valence-corrected chi connectivity index (χ1v) is 6.76. The summed E-state index contributed by atoms with van der Waals surface area (Å²) in [5.41, 5.74) is 7.67. The van der Waals surface area contributed by atoms with Crippen LogP contribution in [0, 0.1) is 11.6 Å². The number of hydrogen-bond donors (Lipinski definition) is 1. The predicted molar refractivity (Wildman–Crippen MR) is 79.0 cm³/mol. The molecule has 0 saturated heterocycles. The number of nitrogen functional groups attached to an aromatic ring is 1. The molecular weight excluding hydrogens is 272 g/mol. The van der Waals surface area contributed by atoms with E-state index in [-0.39, 0.29) is 18.1 Å². The highest BCUT2D eigenvalue weighted by Crippen LogP contribution is 2.21. The molecule has 0 fully saturated rings. The largest absolute Gasteiger partial charge is 0.399 e. The number of benzene rings is 2. The fourth-order valence-corrected chi connectivity index (χ4v) is 2.30. The summed E-state index contributed by atoms with van der Waals surface area (Å²) in [6.45, 7) is 1.94. The minimum Gasteiger partial charge on any atom is -0.399 e. The van der Waals surface area contributed by atoms with Crippen LogP contribution >= 0.6 is 0 Å². The van der Waals surface area contributed by atoms with Crippen LogP contribution in [0.1, 0.15) is 30.4 Å². The first-order chi connectivity index (χ1) is 9.94. The van der Waals surface area contributed by atoms with E-state index in [1.165, 1.54) is 12.1 Å². The molecule has 0 spiro atoms. The predicted octanol–water partition coefficient (Wildman–Crippen LogP) is 3.85. The van der Waals surface area contributed by atoms with Gasteiger partial charge < -0.3 is 5.73 Å². The summed E-state index contributed by atoms with van der Waals surface area (Å²) in [5.74, 6) is -1.34. The lowest BCUT2D eigenvalue weighted by molar-refractivity contribution is -0.118. The third kappa shape index (κ3) is 4.38. The minimum atomic E-state index is -0.663. The van der Waals surface area contributed by atoms with Gasteiger partial charge in [0.15, 0.2) is 0 Å². The summed E-state index contributed by atoms with van der Waals surface area (Å²) in [4.78, 5) is 12.0. The number of Topliss-reactive ketones (excluding diaryl/α,β-unsaturated/α-hetero) is 1. The summed E-state index contributed by atoms with van der Waals surface area (Å²) in [7, 11) is 0. The van der Waals surface area contributed by atoms with Gasteiger partial charge >= 0.3 is 0 Å². The topological polar surface area (TPSA) is 43.1 Å². The van der Waals surface area contributed by atoms with Crippen LogP contribution < -0.4 is 5.73 Å². The van der Waals surface area contributed by atoms with E-state index in [4.69, 9.17) is 5.73 Å². The standard InChI is InChI=1S/C17H17F2NO/c1-11(13-2-4-16(20)5-3-13)6-17(21)9-12-7-14(18)10-15(19)8-12/h2-5,7-8,10-11H,6,9,20H2,1H3. The molecule has 1 atom stereocenters. The second kappa shape index (κ2) is 6.48. The quantitative estimate of drug-likeness (QED) is 0.849. The highest BCUT2D eigenvalue weighted by Gasteiger charge is 2.13. The average Bonchev–Trinajstić information content (AvgIpc) is 2.37. The Bertz CT molecular complexity index is 617. The van der Waals surface area contributed by atoms with E-state index in [2.05, 4.69) is 0 Å². The molecular formula is C17H17F2NO. The number of halogens is 2. The normalized spacial score (nSPS) is 12.1. The van der Waals surface area contributed by atoms with Gasteiger partial charge in [-0.3, -0.25) is 4.79 Å². The molecule has 2 aromatic rings. The van der Waals surface area contributed by atoms with Gasteiger partial charge in [-0.1, -0.05) is 19.1 Å². The van der Waals surface area contributed by atoms with E-state index in [1.807, 2.05) is 19.1 Å². The molecule has 21 heavy (non-hydrogen) atoms. The van der Waals surface area contributed by atoms with Crippen molar-refractivity contribution in [3.8, 4) is 0 Å². The first-order valence-electron chi connectivity index (χ1n) is 6.76. The Hall–Kier alpha value is -2.23. The lowest BCUT2D eigenvalue weighted by atomic mass is 9.93. The Morgan fingerprint density at radius 1 is 1.10 bits per heavy atom. The van der Waals surface area contributed by atoms with Crippen LogP contribution in [-0.2, 0) is 11.2 Å². The van der Waals surface area contributed by atoms with Crippen molar-refractivity contribution >= 4 is 11.5 Å². The Morgan fingerprint density at radius 3 is 2.24 bits per heavy atom. The van der Waals surface area contributed by atoms with Crippen LogP contribution in [0.5, 0.6) is 0 Å². The first kappa shape index (κ1) is 15.2. The van der Waals surface area contributed by atoms with Gasteiger partial charge in [-0.2, -0.15) is 0 Å². The van der Waals surface area contributed by atoms with Crippen molar-refractivity contribution in [2.75, 3.05) is 5.73 Å². The van der Waals surface area contributed by atoms with Crippen molar-refractivity contribution in [1.82, 2.24) is 0 Å². The van der Waals surface area contributed by atoms with E-state index in [9.17, 15) is 13.6 Å². The molecule has 0 radical (unpaired) electrons. The second-order valence-corrected chi connectivity index (χ2v) is 5.26. The third-order valence-corrected chi connectivity index (χ3v) is 3.36.